The number of pyridine rings is 1. The van der Waals surface area contributed by atoms with Crippen LogP contribution in [0.2, 0.25) is 0 Å². The van der Waals surface area contributed by atoms with Crippen molar-refractivity contribution in [2.24, 2.45) is 0 Å². The van der Waals surface area contributed by atoms with Crippen LogP contribution in [0.15, 0.2) is 71.5 Å². The second-order valence-electron chi connectivity index (χ2n) is 9.42. The van der Waals surface area contributed by atoms with E-state index in [0.29, 0.717) is 59.3 Å². The molecule has 0 saturated heterocycles. The minimum Gasteiger partial charge on any atom is -0.493 e. The van der Waals surface area contributed by atoms with E-state index in [0.717, 1.165) is 11.1 Å². The molecule has 204 valence electrons. The molecule has 3 aromatic carbocycles. The summed E-state index contributed by atoms with van der Waals surface area (Å²) in [5.74, 6) is 0.966. The van der Waals surface area contributed by atoms with Crippen molar-refractivity contribution in [3.8, 4) is 17.2 Å². The van der Waals surface area contributed by atoms with Gasteiger partial charge in [-0.15, -0.1) is 0 Å². The Morgan fingerprint density at radius 1 is 0.974 bits per heavy atom. The highest BCUT2D eigenvalue weighted by Crippen LogP contribution is 2.35. The second kappa shape index (κ2) is 12.1. The van der Waals surface area contributed by atoms with Gasteiger partial charge < -0.3 is 24.3 Å². The first-order valence-electron chi connectivity index (χ1n) is 12.9. The number of hydrogen-bond acceptors (Lipinski definition) is 7. The third-order valence-electron chi connectivity index (χ3n) is 6.70. The van der Waals surface area contributed by atoms with E-state index < -0.39 is 11.7 Å². The summed E-state index contributed by atoms with van der Waals surface area (Å²) in [5, 5.41) is 15.7. The molecule has 4 rings (SSSR count). The SMILES string of the molecule is CCCC(O)(NCCc1cccc(OC)c1OC)c1ccc(OC(=O)c2ccc(C)cc2)c2[nH]c(=O)ccc12. The smallest absolute Gasteiger partial charge is 0.343 e. The molecule has 0 fully saturated rings. The Hall–Kier alpha value is -4.14. The van der Waals surface area contributed by atoms with Gasteiger partial charge in [-0.1, -0.05) is 49.2 Å². The van der Waals surface area contributed by atoms with Gasteiger partial charge in [-0.05, 0) is 55.7 Å². The molecule has 0 saturated carbocycles. The van der Waals surface area contributed by atoms with Crippen molar-refractivity contribution in [2.45, 2.75) is 38.8 Å². The Kier molecular flexibility index (Phi) is 8.69. The van der Waals surface area contributed by atoms with Crippen LogP contribution < -0.4 is 25.1 Å². The van der Waals surface area contributed by atoms with Gasteiger partial charge in [0.2, 0.25) is 5.56 Å². The number of esters is 1. The molecule has 1 heterocycles. The van der Waals surface area contributed by atoms with Crippen molar-refractivity contribution in [2.75, 3.05) is 20.8 Å². The van der Waals surface area contributed by atoms with Crippen LogP contribution in [0.4, 0.5) is 0 Å². The summed E-state index contributed by atoms with van der Waals surface area (Å²) < 4.78 is 16.6. The lowest BCUT2D eigenvalue weighted by Crippen LogP contribution is -2.43. The summed E-state index contributed by atoms with van der Waals surface area (Å²) in [6.45, 7) is 4.36. The van der Waals surface area contributed by atoms with Gasteiger partial charge in [0.1, 0.15) is 5.72 Å². The fourth-order valence-corrected chi connectivity index (χ4v) is 4.75. The molecule has 0 aliphatic heterocycles. The largest absolute Gasteiger partial charge is 0.493 e. The number of carbonyl (C=O) groups excluding carboxylic acids is 1. The molecule has 0 aliphatic carbocycles. The van der Waals surface area contributed by atoms with E-state index >= 15 is 0 Å². The third-order valence-corrected chi connectivity index (χ3v) is 6.70. The lowest BCUT2D eigenvalue weighted by molar-refractivity contribution is -0.00697. The number of nitrogens with one attached hydrogen (secondary N) is 2. The van der Waals surface area contributed by atoms with E-state index in [2.05, 4.69) is 10.3 Å². The summed E-state index contributed by atoms with van der Waals surface area (Å²) >= 11 is 0. The molecule has 3 N–H and O–H groups in total. The van der Waals surface area contributed by atoms with Crippen molar-refractivity contribution in [1.29, 1.82) is 0 Å². The molecule has 0 aliphatic rings. The number of aryl methyl sites for hydroxylation is 1. The highest BCUT2D eigenvalue weighted by atomic mass is 16.5. The number of para-hydroxylation sites is 1. The number of aromatic amines is 1. The van der Waals surface area contributed by atoms with E-state index in [1.807, 2.05) is 44.2 Å². The number of fused-ring (bicyclic) bond motifs is 1. The standard InChI is InChI=1S/C31H34N2O6/c1-5-18-31(36,32-19-17-21-7-6-8-26(37-3)29(21)38-4)24-14-15-25(28-23(24)13-16-27(34)33-28)39-30(35)22-11-9-20(2)10-12-22/h6-16,32,36H,5,17-19H2,1-4H3,(H,33,34). The van der Waals surface area contributed by atoms with Crippen LogP contribution in [0.3, 0.4) is 0 Å². The number of rotatable bonds is 11. The number of methoxy groups -OCH3 is 2. The number of hydrogen-bond donors (Lipinski definition) is 3. The molecule has 0 amide bonds. The molecule has 0 bridgehead atoms. The molecule has 1 unspecified atom stereocenters. The van der Waals surface area contributed by atoms with Crippen molar-refractivity contribution in [3.05, 3.63) is 99.3 Å². The summed E-state index contributed by atoms with van der Waals surface area (Å²) in [5.41, 5.74) is 1.53. The number of carbonyl (C=O) groups is 1. The van der Waals surface area contributed by atoms with Crippen molar-refractivity contribution >= 4 is 16.9 Å². The third kappa shape index (κ3) is 6.13. The first kappa shape index (κ1) is 27.9. The minimum atomic E-state index is -1.41. The van der Waals surface area contributed by atoms with Crippen molar-refractivity contribution in [3.63, 3.8) is 0 Å². The van der Waals surface area contributed by atoms with Crippen LogP contribution in [-0.2, 0) is 12.1 Å². The van der Waals surface area contributed by atoms with Crippen LogP contribution in [0.5, 0.6) is 17.2 Å². The summed E-state index contributed by atoms with van der Waals surface area (Å²) in [4.78, 5) is 27.9. The average molecular weight is 531 g/mol. The van der Waals surface area contributed by atoms with E-state index in [1.54, 1.807) is 44.6 Å². The zero-order valence-electron chi connectivity index (χ0n) is 22.7. The highest BCUT2D eigenvalue weighted by molar-refractivity contribution is 5.95. The molecule has 0 radical (unpaired) electrons. The monoisotopic (exact) mass is 530 g/mol. The van der Waals surface area contributed by atoms with Crippen LogP contribution >= 0.6 is 0 Å². The predicted octanol–water partition coefficient (Wildman–Crippen LogP) is 4.85. The second-order valence-corrected chi connectivity index (χ2v) is 9.42. The van der Waals surface area contributed by atoms with E-state index in [9.17, 15) is 14.7 Å². The number of H-pyrrole nitrogens is 1. The fourth-order valence-electron chi connectivity index (χ4n) is 4.75. The van der Waals surface area contributed by atoms with Crippen LogP contribution in [0.25, 0.3) is 10.9 Å². The van der Waals surface area contributed by atoms with E-state index in [4.69, 9.17) is 14.2 Å². The van der Waals surface area contributed by atoms with Gasteiger partial charge in [-0.25, -0.2) is 4.79 Å². The number of benzene rings is 3. The Labute approximate surface area is 227 Å². The lowest BCUT2D eigenvalue weighted by atomic mass is 9.93. The maximum atomic E-state index is 12.8. The Bertz CT molecular complexity index is 1510. The molecule has 1 aromatic heterocycles. The number of aliphatic hydroxyl groups is 1. The van der Waals surface area contributed by atoms with Crippen LogP contribution in [0.1, 0.15) is 46.8 Å². The Morgan fingerprint density at radius 2 is 1.74 bits per heavy atom. The summed E-state index contributed by atoms with van der Waals surface area (Å²) in [7, 11) is 3.19. The topological polar surface area (TPSA) is 110 Å². The first-order valence-corrected chi connectivity index (χ1v) is 12.9. The van der Waals surface area contributed by atoms with Crippen molar-refractivity contribution in [1.82, 2.24) is 10.3 Å². The zero-order valence-corrected chi connectivity index (χ0v) is 22.7. The molecule has 8 heteroatoms. The van der Waals surface area contributed by atoms with Gasteiger partial charge in [0.25, 0.3) is 0 Å². The average Bonchev–Trinajstić information content (AvgIpc) is 2.93. The molecule has 4 aromatic rings. The minimum absolute atomic E-state index is 0.206. The molecule has 0 spiro atoms. The van der Waals surface area contributed by atoms with Gasteiger partial charge in [0.05, 0.1) is 25.3 Å². The summed E-state index contributed by atoms with van der Waals surface area (Å²) in [6.07, 6.45) is 1.69. The quantitative estimate of drug-likeness (QED) is 0.144. The maximum Gasteiger partial charge on any atom is 0.343 e. The maximum absolute atomic E-state index is 12.8. The predicted molar refractivity (Wildman–Crippen MR) is 151 cm³/mol. The molecule has 39 heavy (non-hydrogen) atoms. The zero-order chi connectivity index (χ0) is 28.0. The molecular weight excluding hydrogens is 496 g/mol. The van der Waals surface area contributed by atoms with Crippen molar-refractivity contribution < 1.29 is 24.1 Å². The molecular formula is C31H34N2O6. The Morgan fingerprint density at radius 3 is 2.44 bits per heavy atom. The number of ether oxygens (including phenoxy) is 3. The van der Waals surface area contributed by atoms with Gasteiger partial charge in [-0.2, -0.15) is 0 Å². The fraction of sp³-hybridized carbons (Fsp3) is 0.290. The first-order chi connectivity index (χ1) is 18.8. The lowest BCUT2D eigenvalue weighted by Gasteiger charge is -2.31. The molecule has 8 nitrogen and oxygen atoms in total. The van der Waals surface area contributed by atoms with Crippen LogP contribution in [0, 0.1) is 6.92 Å². The van der Waals surface area contributed by atoms with E-state index in [1.165, 1.54) is 6.07 Å². The van der Waals surface area contributed by atoms with Gasteiger partial charge in [0, 0.05) is 23.6 Å². The van der Waals surface area contributed by atoms with Gasteiger partial charge in [0.15, 0.2) is 17.2 Å². The van der Waals surface area contributed by atoms with Gasteiger partial charge in [-0.3, -0.25) is 10.1 Å². The van der Waals surface area contributed by atoms with Crippen LogP contribution in [-0.4, -0.2) is 36.8 Å². The normalized spacial score (nSPS) is 12.6. The molecule has 1 atom stereocenters. The summed E-state index contributed by atoms with van der Waals surface area (Å²) in [6, 6.07) is 19.1. The van der Waals surface area contributed by atoms with Gasteiger partial charge >= 0.3 is 5.97 Å². The highest BCUT2D eigenvalue weighted by Gasteiger charge is 2.31. The Balaban J connectivity index is 1.65. The van der Waals surface area contributed by atoms with E-state index in [-0.39, 0.29) is 11.3 Å². The number of aromatic nitrogens is 1.